The topological polar surface area (TPSA) is 101 Å². The molecule has 1 aliphatic rings. The van der Waals surface area contributed by atoms with Gasteiger partial charge in [-0.25, -0.2) is 8.78 Å². The summed E-state index contributed by atoms with van der Waals surface area (Å²) in [4.78, 5) is 41.3. The van der Waals surface area contributed by atoms with Crippen molar-refractivity contribution in [2.24, 2.45) is 11.8 Å². The first-order valence-electron chi connectivity index (χ1n) is 15.8. The van der Waals surface area contributed by atoms with Gasteiger partial charge in [0.05, 0.1) is 19.1 Å². The van der Waals surface area contributed by atoms with E-state index in [1.807, 2.05) is 45.9 Å². The van der Waals surface area contributed by atoms with E-state index < -0.39 is 47.6 Å². The van der Waals surface area contributed by atoms with Gasteiger partial charge in [-0.15, -0.1) is 0 Å². The number of halogens is 2. The number of nitrogens with zero attached hydrogens (tertiary/aromatic N) is 2. The summed E-state index contributed by atoms with van der Waals surface area (Å²) in [5, 5.41) is 12.5. The van der Waals surface area contributed by atoms with E-state index in [0.717, 1.165) is 34.3 Å². The average molecular weight is 638 g/mol. The Bertz CT molecular complexity index is 1610. The van der Waals surface area contributed by atoms with Gasteiger partial charge in [0.2, 0.25) is 5.91 Å². The van der Waals surface area contributed by atoms with E-state index in [9.17, 15) is 19.5 Å². The highest BCUT2D eigenvalue weighted by atomic mass is 19.1. The van der Waals surface area contributed by atoms with Gasteiger partial charge in [0.25, 0.3) is 5.56 Å². The number of aliphatic carboxylic acids is 1. The zero-order valence-corrected chi connectivity index (χ0v) is 27.5. The van der Waals surface area contributed by atoms with Gasteiger partial charge in [0, 0.05) is 44.4 Å². The van der Waals surface area contributed by atoms with Crippen LogP contribution in [0.2, 0.25) is 0 Å². The van der Waals surface area contributed by atoms with Crippen LogP contribution in [0.4, 0.5) is 8.78 Å². The lowest BCUT2D eigenvalue weighted by molar-refractivity contribution is -0.138. The van der Waals surface area contributed by atoms with Crippen molar-refractivity contribution in [3.8, 4) is 11.1 Å². The average Bonchev–Trinajstić information content (AvgIpc) is 2.95. The zero-order chi connectivity index (χ0) is 33.7. The van der Waals surface area contributed by atoms with Crippen LogP contribution in [-0.4, -0.2) is 59.8 Å². The number of benzene rings is 2. The molecule has 2 heterocycles. The minimum atomic E-state index is -1.24. The standard InChI is InChI=1S/C36H45F2N3O5/c1-21(2)12-31(41-19-25(14-29(37)36(41)45)10-11-40-17-26(18-40)20-46-6)35(44)39-30(16-32(42)43)28-15-27(13-24(5)34(28)38)33-22(3)8-7-9-23(33)4/h7-9,13-15,19,21,26,30-31H,10-12,16-18,20H2,1-6H3,(H,39,44)(H,42,43)/t30-,31-/m0/s1. The molecular formula is C36H45F2N3O5. The maximum Gasteiger partial charge on any atom is 0.305 e. The predicted molar refractivity (Wildman–Crippen MR) is 174 cm³/mol. The highest BCUT2D eigenvalue weighted by molar-refractivity contribution is 5.82. The van der Waals surface area contributed by atoms with Crippen LogP contribution in [0.3, 0.4) is 0 Å². The fourth-order valence-electron chi connectivity index (χ4n) is 6.42. The highest BCUT2D eigenvalue weighted by Crippen LogP contribution is 2.33. The molecule has 248 valence electrons. The molecule has 0 aliphatic carbocycles. The van der Waals surface area contributed by atoms with Crippen LogP contribution in [0.15, 0.2) is 47.4 Å². The van der Waals surface area contributed by atoms with Crippen LogP contribution >= 0.6 is 0 Å². The second-order valence-electron chi connectivity index (χ2n) is 13.0. The summed E-state index contributed by atoms with van der Waals surface area (Å²) in [6.07, 6.45) is 1.59. The van der Waals surface area contributed by atoms with E-state index in [1.165, 1.54) is 12.3 Å². The van der Waals surface area contributed by atoms with Gasteiger partial charge < -0.3 is 24.6 Å². The summed E-state index contributed by atoms with van der Waals surface area (Å²) in [6.45, 7) is 12.3. The molecule has 0 unspecified atom stereocenters. The fraction of sp³-hybridized carbons (Fsp3) is 0.472. The molecule has 4 rings (SSSR count). The van der Waals surface area contributed by atoms with Crippen molar-refractivity contribution in [2.45, 2.75) is 66.0 Å². The lowest BCUT2D eigenvalue weighted by atomic mass is 9.90. The number of aryl methyl sites for hydroxylation is 3. The molecule has 2 N–H and O–H groups in total. The maximum absolute atomic E-state index is 15.7. The number of carboxylic acid groups (broad SMARTS) is 1. The van der Waals surface area contributed by atoms with Crippen LogP contribution in [0, 0.1) is 44.2 Å². The van der Waals surface area contributed by atoms with Crippen LogP contribution in [-0.2, 0) is 20.7 Å². The number of methoxy groups -OCH3 is 1. The van der Waals surface area contributed by atoms with Crippen molar-refractivity contribution in [3.63, 3.8) is 0 Å². The monoisotopic (exact) mass is 637 g/mol. The molecule has 46 heavy (non-hydrogen) atoms. The molecule has 1 aromatic heterocycles. The molecule has 2 atom stereocenters. The molecule has 8 nitrogen and oxygen atoms in total. The SMILES string of the molecule is COCC1CN(CCc2cc(F)c(=O)n([C@@H](CC(C)C)C(=O)N[C@@H](CC(=O)O)c3cc(-c4c(C)cccc4C)cc(C)c3F)c2)C1. The Morgan fingerprint density at radius 3 is 2.35 bits per heavy atom. The largest absolute Gasteiger partial charge is 0.481 e. The third-order valence-electron chi connectivity index (χ3n) is 8.66. The molecule has 1 saturated heterocycles. The highest BCUT2D eigenvalue weighted by Gasteiger charge is 2.30. The number of rotatable bonds is 14. The van der Waals surface area contributed by atoms with E-state index in [2.05, 4.69) is 10.2 Å². The molecule has 3 aromatic rings. The third-order valence-corrected chi connectivity index (χ3v) is 8.66. The first-order valence-corrected chi connectivity index (χ1v) is 15.8. The van der Waals surface area contributed by atoms with Crippen molar-refractivity contribution >= 4 is 11.9 Å². The van der Waals surface area contributed by atoms with Crippen LogP contribution in [0.1, 0.15) is 66.6 Å². The molecule has 0 saturated carbocycles. The molecule has 1 amide bonds. The Kier molecular flexibility index (Phi) is 11.5. The number of amides is 1. The number of hydrogen-bond acceptors (Lipinski definition) is 5. The lowest BCUT2D eigenvalue weighted by Crippen LogP contribution is -2.49. The normalized spacial score (nSPS) is 15.1. The van der Waals surface area contributed by atoms with E-state index >= 15 is 8.78 Å². The molecule has 0 radical (unpaired) electrons. The van der Waals surface area contributed by atoms with Gasteiger partial charge in [-0.3, -0.25) is 14.4 Å². The zero-order valence-electron chi connectivity index (χ0n) is 27.5. The number of aromatic nitrogens is 1. The molecule has 0 bridgehead atoms. The van der Waals surface area contributed by atoms with Crippen molar-refractivity contribution < 1.29 is 28.2 Å². The predicted octanol–water partition coefficient (Wildman–Crippen LogP) is 5.76. The van der Waals surface area contributed by atoms with Gasteiger partial charge in [-0.1, -0.05) is 32.0 Å². The maximum atomic E-state index is 15.7. The number of pyridine rings is 1. The number of carboxylic acids is 1. The Morgan fingerprint density at radius 2 is 1.74 bits per heavy atom. The fourth-order valence-corrected chi connectivity index (χ4v) is 6.42. The Hall–Kier alpha value is -3.89. The summed E-state index contributed by atoms with van der Waals surface area (Å²) in [6, 6.07) is 7.94. The van der Waals surface area contributed by atoms with Crippen LogP contribution < -0.4 is 10.9 Å². The van der Waals surface area contributed by atoms with Crippen LogP contribution in [0.5, 0.6) is 0 Å². The van der Waals surface area contributed by atoms with E-state index in [4.69, 9.17) is 4.74 Å². The van der Waals surface area contributed by atoms with Gasteiger partial charge in [0.1, 0.15) is 11.9 Å². The summed E-state index contributed by atoms with van der Waals surface area (Å²) < 4.78 is 37.1. The second kappa shape index (κ2) is 15.1. The van der Waals surface area contributed by atoms with Gasteiger partial charge in [-0.2, -0.15) is 0 Å². The quantitative estimate of drug-likeness (QED) is 0.233. The third kappa shape index (κ3) is 8.27. The Balaban J connectivity index is 1.67. The van der Waals surface area contributed by atoms with E-state index in [0.29, 0.717) is 42.2 Å². The van der Waals surface area contributed by atoms with Crippen molar-refractivity contribution in [1.29, 1.82) is 0 Å². The number of carbonyl (C=O) groups is 2. The van der Waals surface area contributed by atoms with Crippen molar-refractivity contribution in [1.82, 2.24) is 14.8 Å². The summed E-state index contributed by atoms with van der Waals surface area (Å²) in [5.41, 5.74) is 3.51. The second-order valence-corrected chi connectivity index (χ2v) is 13.0. The minimum absolute atomic E-state index is 0.0327. The summed E-state index contributed by atoms with van der Waals surface area (Å²) in [5.74, 6) is -3.11. The first kappa shape index (κ1) is 35.0. The smallest absolute Gasteiger partial charge is 0.305 e. The molecule has 10 heteroatoms. The Labute approximate surface area is 269 Å². The summed E-state index contributed by atoms with van der Waals surface area (Å²) >= 11 is 0. The molecule has 1 aliphatic heterocycles. The number of likely N-dealkylation sites (tertiary alicyclic amines) is 1. The summed E-state index contributed by atoms with van der Waals surface area (Å²) in [7, 11) is 1.67. The van der Waals surface area contributed by atoms with Crippen molar-refractivity contribution in [2.75, 3.05) is 33.4 Å². The molecule has 0 spiro atoms. The molecule has 1 fully saturated rings. The number of hydrogen-bond donors (Lipinski definition) is 2. The first-order chi connectivity index (χ1) is 21.8. The van der Waals surface area contributed by atoms with Gasteiger partial charge in [0.15, 0.2) is 5.82 Å². The van der Waals surface area contributed by atoms with Crippen LogP contribution in [0.25, 0.3) is 11.1 Å². The molecular weight excluding hydrogens is 592 g/mol. The van der Waals surface area contributed by atoms with Gasteiger partial charge >= 0.3 is 5.97 Å². The van der Waals surface area contributed by atoms with E-state index in [1.54, 1.807) is 26.2 Å². The molecule has 2 aromatic carbocycles. The number of ether oxygens (including phenoxy) is 1. The number of carbonyl (C=O) groups excluding carboxylic acids is 1. The number of nitrogens with one attached hydrogen (secondary N) is 1. The lowest BCUT2D eigenvalue weighted by Gasteiger charge is -2.38. The van der Waals surface area contributed by atoms with Gasteiger partial charge in [-0.05, 0) is 91.1 Å². The Morgan fingerprint density at radius 1 is 1.07 bits per heavy atom. The minimum Gasteiger partial charge on any atom is -0.481 e. The van der Waals surface area contributed by atoms with E-state index in [-0.39, 0.29) is 17.9 Å². The van der Waals surface area contributed by atoms with Crippen molar-refractivity contribution in [3.05, 3.63) is 92.4 Å².